The van der Waals surface area contributed by atoms with Crippen LogP contribution in [0.25, 0.3) is 0 Å². The largest absolute Gasteiger partial charge is 0.457 e. The molecule has 0 saturated heterocycles. The molecule has 142 valence electrons. The molecule has 0 fully saturated rings. The van der Waals surface area contributed by atoms with Crippen molar-refractivity contribution in [2.24, 2.45) is 0 Å². The fraction of sp³-hybridized carbons (Fsp3) is 0.0476. The highest BCUT2D eigenvalue weighted by Crippen LogP contribution is 2.23. The molecule has 3 aromatic rings. The monoisotopic (exact) mass is 710 g/mol. The lowest BCUT2D eigenvalue weighted by molar-refractivity contribution is 0.0468. The number of ether oxygens (including phenoxy) is 2. The van der Waals surface area contributed by atoms with Crippen LogP contribution in [0.5, 0.6) is 5.75 Å². The van der Waals surface area contributed by atoms with Crippen molar-refractivity contribution in [3.8, 4) is 5.75 Å². The molecule has 0 spiro atoms. The maximum absolute atomic E-state index is 12.6. The van der Waals surface area contributed by atoms with Crippen molar-refractivity contribution in [2.45, 2.75) is 6.61 Å². The Morgan fingerprint density at radius 1 is 0.750 bits per heavy atom. The number of hydrogen-bond acceptors (Lipinski definition) is 4. The molecule has 0 bridgehead atoms. The first-order valence-electron chi connectivity index (χ1n) is 8.12. The molecule has 0 N–H and O–H groups in total. The molecule has 0 saturated carbocycles. The highest BCUT2D eigenvalue weighted by Gasteiger charge is 2.17. The number of carbonyl (C=O) groups is 2. The van der Waals surface area contributed by atoms with E-state index in [0.717, 1.165) is 10.7 Å². The summed E-state index contributed by atoms with van der Waals surface area (Å²) in [5, 5.41) is 0. The first kappa shape index (κ1) is 21.5. The molecule has 0 heterocycles. The number of carbonyl (C=O) groups excluding carboxylic acids is 2. The van der Waals surface area contributed by atoms with Crippen molar-refractivity contribution in [3.63, 3.8) is 0 Å². The first-order valence-corrected chi connectivity index (χ1v) is 11.4. The van der Waals surface area contributed by atoms with Crippen molar-refractivity contribution in [1.29, 1.82) is 0 Å². The Balaban J connectivity index is 1.74. The second kappa shape index (κ2) is 10.0. The van der Waals surface area contributed by atoms with Crippen LogP contribution in [-0.4, -0.2) is 11.9 Å². The number of benzene rings is 3. The van der Waals surface area contributed by atoms with Crippen molar-refractivity contribution in [3.05, 3.63) is 94.1 Å². The van der Waals surface area contributed by atoms with Gasteiger partial charge in [-0.05, 0) is 104 Å². The second-order valence-corrected chi connectivity index (χ2v) is 9.25. The minimum atomic E-state index is -0.445. The molecule has 0 aliphatic rings. The molecule has 28 heavy (non-hydrogen) atoms. The smallest absolute Gasteiger partial charge is 0.344 e. The van der Waals surface area contributed by atoms with Gasteiger partial charge in [0.1, 0.15) is 12.4 Å². The molecule has 0 aliphatic heterocycles. The summed E-state index contributed by atoms with van der Waals surface area (Å²) in [5.74, 6) is -0.490. The van der Waals surface area contributed by atoms with Crippen molar-refractivity contribution >= 4 is 79.7 Å². The van der Waals surface area contributed by atoms with Gasteiger partial charge in [0, 0.05) is 16.3 Å². The topological polar surface area (TPSA) is 52.6 Å². The van der Waals surface area contributed by atoms with Gasteiger partial charge in [-0.2, -0.15) is 0 Å². The van der Waals surface area contributed by atoms with E-state index in [1.54, 1.807) is 36.4 Å². The van der Waals surface area contributed by atoms with Gasteiger partial charge in [-0.1, -0.05) is 30.3 Å². The Bertz CT molecular complexity index is 1030. The zero-order valence-electron chi connectivity index (χ0n) is 14.3. The Morgan fingerprint density at radius 2 is 1.43 bits per heavy atom. The normalized spacial score (nSPS) is 10.4. The average Bonchev–Trinajstić information content (AvgIpc) is 2.69. The Labute approximate surface area is 203 Å². The predicted molar refractivity (Wildman–Crippen MR) is 132 cm³/mol. The molecular weight excluding hydrogens is 697 g/mol. The Morgan fingerprint density at radius 3 is 2.21 bits per heavy atom. The van der Waals surface area contributed by atoms with E-state index in [2.05, 4.69) is 67.8 Å². The maximum Gasteiger partial charge on any atom is 0.344 e. The van der Waals surface area contributed by atoms with E-state index in [4.69, 9.17) is 9.47 Å². The van der Waals surface area contributed by atoms with E-state index in [1.165, 1.54) is 0 Å². The summed E-state index contributed by atoms with van der Waals surface area (Å²) in [4.78, 5) is 24.9. The van der Waals surface area contributed by atoms with Crippen molar-refractivity contribution < 1.29 is 19.1 Å². The summed E-state index contributed by atoms with van der Waals surface area (Å²) in [6, 6.07) is 19.8. The van der Waals surface area contributed by atoms with Gasteiger partial charge in [0.2, 0.25) is 0 Å². The zero-order valence-corrected chi connectivity index (χ0v) is 20.8. The molecule has 0 radical (unpaired) electrons. The van der Waals surface area contributed by atoms with E-state index in [1.807, 2.05) is 30.3 Å². The van der Waals surface area contributed by atoms with Gasteiger partial charge in [-0.3, -0.25) is 0 Å². The van der Waals surface area contributed by atoms with E-state index in [-0.39, 0.29) is 6.61 Å². The van der Waals surface area contributed by atoms with Crippen LogP contribution in [0.4, 0.5) is 0 Å². The van der Waals surface area contributed by atoms with Gasteiger partial charge in [0.15, 0.2) is 0 Å². The minimum Gasteiger partial charge on any atom is -0.457 e. The SMILES string of the molecule is O=C(OCc1ccccc1OC(=O)c1cc(I)ccc1I)c1ccccc1I. The lowest BCUT2D eigenvalue weighted by Crippen LogP contribution is -2.13. The van der Waals surface area contributed by atoms with Crippen LogP contribution in [0.3, 0.4) is 0 Å². The number of halogens is 3. The number of para-hydroxylation sites is 1. The maximum atomic E-state index is 12.6. The van der Waals surface area contributed by atoms with Crippen molar-refractivity contribution in [1.82, 2.24) is 0 Å². The van der Waals surface area contributed by atoms with E-state index < -0.39 is 11.9 Å². The molecular formula is C21H13I3O4. The third-order valence-electron chi connectivity index (χ3n) is 3.78. The highest BCUT2D eigenvalue weighted by atomic mass is 127. The molecule has 0 aromatic heterocycles. The third-order valence-corrected chi connectivity index (χ3v) is 6.33. The van der Waals surface area contributed by atoms with Gasteiger partial charge in [-0.25, -0.2) is 9.59 Å². The predicted octanol–water partition coefficient (Wildman–Crippen LogP) is 6.08. The Kier molecular flexibility index (Phi) is 7.69. The van der Waals surface area contributed by atoms with Crippen molar-refractivity contribution in [2.75, 3.05) is 0 Å². The number of esters is 2. The number of rotatable bonds is 5. The molecule has 3 rings (SSSR count). The molecule has 7 heteroatoms. The van der Waals surface area contributed by atoms with Crippen LogP contribution in [0, 0.1) is 10.7 Å². The van der Waals surface area contributed by atoms with Gasteiger partial charge < -0.3 is 9.47 Å². The first-order chi connectivity index (χ1) is 13.5. The van der Waals surface area contributed by atoms with Crippen LogP contribution >= 0.6 is 67.8 Å². The summed E-state index contributed by atoms with van der Waals surface area (Å²) in [5.41, 5.74) is 1.62. The summed E-state index contributed by atoms with van der Waals surface area (Å²) in [7, 11) is 0. The van der Waals surface area contributed by atoms with E-state index in [9.17, 15) is 9.59 Å². The fourth-order valence-electron chi connectivity index (χ4n) is 2.38. The van der Waals surface area contributed by atoms with Gasteiger partial charge in [0.25, 0.3) is 0 Å². The zero-order chi connectivity index (χ0) is 20.1. The van der Waals surface area contributed by atoms with Crippen LogP contribution in [-0.2, 0) is 11.3 Å². The van der Waals surface area contributed by atoms with Gasteiger partial charge in [0.05, 0.1) is 11.1 Å². The summed E-state index contributed by atoms with van der Waals surface area (Å²) >= 11 is 6.35. The van der Waals surface area contributed by atoms with Gasteiger partial charge >= 0.3 is 11.9 Å². The Hall–Kier alpha value is -1.21. The average molecular weight is 710 g/mol. The van der Waals surface area contributed by atoms with Crippen LogP contribution in [0.2, 0.25) is 0 Å². The fourth-order valence-corrected chi connectivity index (χ4v) is 4.03. The third kappa shape index (κ3) is 5.44. The lowest BCUT2D eigenvalue weighted by atomic mass is 10.2. The molecule has 0 unspecified atom stereocenters. The molecule has 0 atom stereocenters. The summed E-state index contributed by atoms with van der Waals surface area (Å²) in [6.45, 7) is 0.0106. The summed E-state index contributed by atoms with van der Waals surface area (Å²) in [6.07, 6.45) is 0. The van der Waals surface area contributed by atoms with E-state index in [0.29, 0.717) is 22.4 Å². The molecule has 4 nitrogen and oxygen atoms in total. The van der Waals surface area contributed by atoms with E-state index >= 15 is 0 Å². The molecule has 0 aliphatic carbocycles. The second-order valence-electron chi connectivity index (χ2n) is 5.68. The summed E-state index contributed by atoms with van der Waals surface area (Å²) < 4.78 is 13.6. The quantitative estimate of drug-likeness (QED) is 0.183. The molecule has 3 aromatic carbocycles. The highest BCUT2D eigenvalue weighted by molar-refractivity contribution is 14.1. The molecule has 0 amide bonds. The number of hydrogen-bond donors (Lipinski definition) is 0. The van der Waals surface area contributed by atoms with Crippen LogP contribution < -0.4 is 4.74 Å². The van der Waals surface area contributed by atoms with Gasteiger partial charge in [-0.15, -0.1) is 0 Å². The van der Waals surface area contributed by atoms with Crippen LogP contribution in [0.15, 0.2) is 66.7 Å². The van der Waals surface area contributed by atoms with Crippen LogP contribution in [0.1, 0.15) is 26.3 Å². The lowest BCUT2D eigenvalue weighted by Gasteiger charge is -2.12. The standard InChI is InChI=1S/C21H13I3O4/c22-14-9-10-18(24)16(11-14)21(26)28-19-8-4-1-5-13(19)12-27-20(25)15-6-2-3-7-17(15)23/h1-11H,12H2. The minimum absolute atomic E-state index is 0.0106.